The van der Waals surface area contributed by atoms with Crippen LogP contribution in [0.4, 0.5) is 0 Å². The number of rotatable bonds is 6. The number of carbonyl (C=O) groups is 1. The lowest BCUT2D eigenvalue weighted by Crippen LogP contribution is -2.19. The zero-order valence-corrected chi connectivity index (χ0v) is 11.9. The van der Waals surface area contributed by atoms with Gasteiger partial charge in [-0.1, -0.05) is 48.1 Å². The molecule has 102 valence electrons. The molecule has 0 saturated heterocycles. The molecule has 0 heterocycles. The van der Waals surface area contributed by atoms with E-state index in [1.165, 1.54) is 5.57 Å². The summed E-state index contributed by atoms with van der Waals surface area (Å²) in [4.78, 5) is 10.5. The first-order chi connectivity index (χ1) is 8.93. The molecule has 0 spiro atoms. The minimum absolute atomic E-state index is 0.660. The van der Waals surface area contributed by atoms with Crippen molar-refractivity contribution in [3.05, 3.63) is 53.1 Å². The second kappa shape index (κ2) is 7.05. The van der Waals surface area contributed by atoms with E-state index in [1.807, 2.05) is 31.2 Å². The molecule has 1 unspecified atom stereocenters. The van der Waals surface area contributed by atoms with Crippen LogP contribution >= 0.6 is 0 Å². The lowest BCUT2D eigenvalue weighted by atomic mass is 9.97. The van der Waals surface area contributed by atoms with E-state index in [1.54, 1.807) is 12.1 Å². The van der Waals surface area contributed by atoms with Crippen LogP contribution in [-0.2, 0) is 0 Å². The lowest BCUT2D eigenvalue weighted by Gasteiger charge is -2.17. The number of aliphatic hydroxyl groups is 1. The summed E-state index contributed by atoms with van der Waals surface area (Å²) in [6.07, 6.45) is 8.20. The summed E-state index contributed by atoms with van der Waals surface area (Å²) in [7, 11) is 0. The van der Waals surface area contributed by atoms with Gasteiger partial charge < -0.3 is 5.11 Å². The second-order valence-electron chi connectivity index (χ2n) is 5.30. The molecule has 1 N–H and O–H groups in total. The standard InChI is InChI=1S/C17H22O2/c1-14(2)5-4-11-17(3,19)12-10-15-6-8-16(13-18)9-7-15/h5-10,12-13,19H,4,11H2,1-3H3/b12-10+. The minimum atomic E-state index is -0.810. The third-order valence-corrected chi connectivity index (χ3v) is 2.91. The monoisotopic (exact) mass is 258 g/mol. The Morgan fingerprint density at radius 1 is 1.21 bits per heavy atom. The Balaban J connectivity index is 2.62. The number of allylic oxidation sites excluding steroid dienone is 2. The third-order valence-electron chi connectivity index (χ3n) is 2.91. The van der Waals surface area contributed by atoms with Crippen LogP contribution in [0.5, 0.6) is 0 Å². The van der Waals surface area contributed by atoms with Crippen LogP contribution in [0, 0.1) is 0 Å². The molecular formula is C17H22O2. The summed E-state index contributed by atoms with van der Waals surface area (Å²) in [5.41, 5.74) is 2.10. The van der Waals surface area contributed by atoms with Crippen molar-refractivity contribution in [1.29, 1.82) is 0 Å². The highest BCUT2D eigenvalue weighted by atomic mass is 16.3. The molecule has 0 aliphatic carbocycles. The Morgan fingerprint density at radius 3 is 2.32 bits per heavy atom. The fourth-order valence-corrected chi connectivity index (χ4v) is 1.70. The Labute approximate surface area is 115 Å². The van der Waals surface area contributed by atoms with E-state index < -0.39 is 5.60 Å². The van der Waals surface area contributed by atoms with Gasteiger partial charge in [-0.2, -0.15) is 0 Å². The number of hydrogen-bond donors (Lipinski definition) is 1. The molecule has 0 fully saturated rings. The molecule has 1 aromatic carbocycles. The summed E-state index contributed by atoms with van der Waals surface area (Å²) in [6, 6.07) is 7.27. The van der Waals surface area contributed by atoms with Crippen LogP contribution in [-0.4, -0.2) is 17.0 Å². The first-order valence-electron chi connectivity index (χ1n) is 6.53. The fraction of sp³-hybridized carbons (Fsp3) is 0.353. The molecular weight excluding hydrogens is 236 g/mol. The largest absolute Gasteiger partial charge is 0.386 e. The van der Waals surface area contributed by atoms with Crippen molar-refractivity contribution in [2.45, 2.75) is 39.2 Å². The highest BCUT2D eigenvalue weighted by molar-refractivity contribution is 5.75. The molecule has 1 aromatic rings. The Hall–Kier alpha value is -1.67. The smallest absolute Gasteiger partial charge is 0.150 e. The average Bonchev–Trinajstić information content (AvgIpc) is 2.36. The number of aldehydes is 1. The van der Waals surface area contributed by atoms with Gasteiger partial charge in [0.15, 0.2) is 0 Å². The molecule has 0 aromatic heterocycles. The van der Waals surface area contributed by atoms with E-state index in [0.29, 0.717) is 12.0 Å². The lowest BCUT2D eigenvalue weighted by molar-refractivity contribution is 0.104. The van der Waals surface area contributed by atoms with E-state index in [4.69, 9.17) is 0 Å². The SMILES string of the molecule is CC(C)=CCCC(C)(O)/C=C/c1ccc(C=O)cc1. The molecule has 0 aliphatic rings. The number of carbonyl (C=O) groups excluding carboxylic acids is 1. The van der Waals surface area contributed by atoms with Crippen LogP contribution < -0.4 is 0 Å². The van der Waals surface area contributed by atoms with Gasteiger partial charge >= 0.3 is 0 Å². The minimum Gasteiger partial charge on any atom is -0.386 e. The van der Waals surface area contributed by atoms with Crippen molar-refractivity contribution < 1.29 is 9.90 Å². The fourth-order valence-electron chi connectivity index (χ4n) is 1.70. The van der Waals surface area contributed by atoms with Crippen molar-refractivity contribution in [2.24, 2.45) is 0 Å². The van der Waals surface area contributed by atoms with Crippen LogP contribution in [0.2, 0.25) is 0 Å². The van der Waals surface area contributed by atoms with Gasteiger partial charge in [0.2, 0.25) is 0 Å². The molecule has 2 nitrogen and oxygen atoms in total. The van der Waals surface area contributed by atoms with Crippen molar-refractivity contribution in [3.8, 4) is 0 Å². The van der Waals surface area contributed by atoms with E-state index in [9.17, 15) is 9.90 Å². The van der Waals surface area contributed by atoms with Gasteiger partial charge in [0, 0.05) is 5.56 Å². The van der Waals surface area contributed by atoms with Crippen molar-refractivity contribution in [3.63, 3.8) is 0 Å². The molecule has 2 heteroatoms. The maximum Gasteiger partial charge on any atom is 0.150 e. The third kappa shape index (κ3) is 6.16. The summed E-state index contributed by atoms with van der Waals surface area (Å²) in [6.45, 7) is 5.92. The van der Waals surface area contributed by atoms with Gasteiger partial charge in [0.1, 0.15) is 6.29 Å². The Morgan fingerprint density at radius 2 is 1.79 bits per heavy atom. The summed E-state index contributed by atoms with van der Waals surface area (Å²) in [5.74, 6) is 0. The molecule has 19 heavy (non-hydrogen) atoms. The zero-order valence-electron chi connectivity index (χ0n) is 11.9. The maximum atomic E-state index is 10.5. The van der Waals surface area contributed by atoms with E-state index >= 15 is 0 Å². The molecule has 0 radical (unpaired) electrons. The quantitative estimate of drug-likeness (QED) is 0.618. The predicted octanol–water partition coefficient (Wildman–Crippen LogP) is 4.01. The van der Waals surface area contributed by atoms with E-state index in [2.05, 4.69) is 19.9 Å². The molecule has 1 rings (SSSR count). The highest BCUT2D eigenvalue weighted by Gasteiger charge is 2.14. The van der Waals surface area contributed by atoms with Crippen molar-refractivity contribution in [2.75, 3.05) is 0 Å². The molecule has 1 atom stereocenters. The number of benzene rings is 1. The number of hydrogen-bond acceptors (Lipinski definition) is 2. The topological polar surface area (TPSA) is 37.3 Å². The van der Waals surface area contributed by atoms with Gasteiger partial charge in [-0.25, -0.2) is 0 Å². The van der Waals surface area contributed by atoms with Crippen LogP contribution in [0.3, 0.4) is 0 Å². The molecule has 0 aliphatic heterocycles. The average molecular weight is 258 g/mol. The first kappa shape index (κ1) is 15.4. The van der Waals surface area contributed by atoms with Gasteiger partial charge in [0.05, 0.1) is 5.60 Å². The summed E-state index contributed by atoms with van der Waals surface area (Å²) >= 11 is 0. The summed E-state index contributed by atoms with van der Waals surface area (Å²) in [5, 5.41) is 10.2. The summed E-state index contributed by atoms with van der Waals surface area (Å²) < 4.78 is 0. The highest BCUT2D eigenvalue weighted by Crippen LogP contribution is 2.17. The molecule has 0 amide bonds. The Bertz CT molecular complexity index is 461. The first-order valence-corrected chi connectivity index (χ1v) is 6.53. The predicted molar refractivity (Wildman–Crippen MR) is 80.2 cm³/mol. The van der Waals surface area contributed by atoms with Gasteiger partial charge in [-0.3, -0.25) is 4.79 Å². The van der Waals surface area contributed by atoms with Crippen molar-refractivity contribution in [1.82, 2.24) is 0 Å². The second-order valence-corrected chi connectivity index (χ2v) is 5.30. The van der Waals surface area contributed by atoms with Crippen LogP contribution in [0.1, 0.15) is 49.5 Å². The van der Waals surface area contributed by atoms with Crippen LogP contribution in [0.15, 0.2) is 42.0 Å². The maximum absolute atomic E-state index is 10.5. The van der Waals surface area contributed by atoms with E-state index in [-0.39, 0.29) is 0 Å². The Kier molecular flexibility index (Phi) is 5.71. The molecule has 0 saturated carbocycles. The van der Waals surface area contributed by atoms with Crippen molar-refractivity contribution >= 4 is 12.4 Å². The van der Waals surface area contributed by atoms with Gasteiger partial charge in [0.25, 0.3) is 0 Å². The normalized spacial score (nSPS) is 14.1. The van der Waals surface area contributed by atoms with E-state index in [0.717, 1.165) is 18.3 Å². The molecule has 0 bridgehead atoms. The van der Waals surface area contributed by atoms with Crippen LogP contribution in [0.25, 0.3) is 6.08 Å². The van der Waals surface area contributed by atoms with Gasteiger partial charge in [-0.15, -0.1) is 0 Å². The van der Waals surface area contributed by atoms with Gasteiger partial charge in [-0.05, 0) is 39.2 Å². The zero-order chi connectivity index (χ0) is 14.3.